The number of hydrogen-bond donors (Lipinski definition) is 4. The van der Waals surface area contributed by atoms with E-state index in [2.05, 4.69) is 26.3 Å². The van der Waals surface area contributed by atoms with Crippen LogP contribution in [0.25, 0.3) is 6.08 Å². The molecule has 0 radical (unpaired) electrons. The van der Waals surface area contributed by atoms with Crippen LogP contribution in [0.3, 0.4) is 0 Å². The molecule has 6 rings (SSSR count). The smallest absolute Gasteiger partial charge is 0.341 e. The topological polar surface area (TPSA) is 156 Å². The van der Waals surface area contributed by atoms with Crippen molar-refractivity contribution in [3.63, 3.8) is 0 Å². The Morgan fingerprint density at radius 1 is 0.750 bits per heavy atom. The van der Waals surface area contributed by atoms with Crippen molar-refractivity contribution in [2.24, 2.45) is 0 Å². The molecule has 0 spiro atoms. The van der Waals surface area contributed by atoms with Gasteiger partial charge in [-0.15, -0.1) is 23.1 Å². The number of ether oxygens (including phenoxy) is 1. The lowest BCUT2D eigenvalue weighted by Gasteiger charge is -2.18. The Morgan fingerprint density at radius 2 is 1.43 bits per heavy atom. The van der Waals surface area contributed by atoms with E-state index in [9.17, 15) is 24.0 Å². The number of esters is 1. The third kappa shape index (κ3) is 9.82. The molecule has 11 nitrogen and oxygen atoms in total. The standard InChI is InChI=1S/C43H35N5O6S2/c1-27-35(43(53)54-2)42(56-36(27)40(51)45-31-19-10-5-11-20-31)48-41(52)37(29-15-6-3-7-16-29)55-33-22-12-21-32(25-33)46-39(50)34(24-28-14-13-23-44-26-28)47-38(49)30-17-8-4-9-18-30/h3-26,37H,1-2H3,(H,45,51)(H,46,50)(H,47,49)(H,48,52)/b34-24-. The summed E-state index contributed by atoms with van der Waals surface area (Å²) < 4.78 is 5.04. The van der Waals surface area contributed by atoms with Crippen molar-refractivity contribution >= 4 is 75.1 Å². The molecule has 0 aliphatic rings. The van der Waals surface area contributed by atoms with Crippen molar-refractivity contribution < 1.29 is 28.7 Å². The van der Waals surface area contributed by atoms with Gasteiger partial charge in [-0.3, -0.25) is 24.2 Å². The van der Waals surface area contributed by atoms with Crippen LogP contribution in [0, 0.1) is 6.92 Å². The molecular formula is C43H35N5O6S2. The zero-order valence-corrected chi connectivity index (χ0v) is 31.8. The molecule has 0 saturated heterocycles. The van der Waals surface area contributed by atoms with Gasteiger partial charge in [-0.1, -0.05) is 78.9 Å². The van der Waals surface area contributed by atoms with E-state index in [1.165, 1.54) is 24.9 Å². The van der Waals surface area contributed by atoms with Gasteiger partial charge in [-0.25, -0.2) is 4.79 Å². The van der Waals surface area contributed by atoms with Crippen molar-refractivity contribution in [2.45, 2.75) is 17.1 Å². The van der Waals surface area contributed by atoms with Crippen molar-refractivity contribution in [3.05, 3.63) is 178 Å². The third-order valence-electron chi connectivity index (χ3n) is 8.22. The predicted molar refractivity (Wildman–Crippen MR) is 220 cm³/mol. The first-order chi connectivity index (χ1) is 27.2. The fourth-order valence-corrected chi connectivity index (χ4v) is 7.68. The molecule has 56 heavy (non-hydrogen) atoms. The monoisotopic (exact) mass is 781 g/mol. The fourth-order valence-electron chi connectivity index (χ4n) is 5.51. The summed E-state index contributed by atoms with van der Waals surface area (Å²) in [7, 11) is 1.23. The number of rotatable bonds is 13. The predicted octanol–water partition coefficient (Wildman–Crippen LogP) is 8.37. The highest BCUT2D eigenvalue weighted by molar-refractivity contribution is 8.00. The molecule has 0 bridgehead atoms. The normalized spacial score (nSPS) is 11.5. The van der Waals surface area contributed by atoms with E-state index in [-0.39, 0.29) is 21.1 Å². The number of nitrogens with one attached hydrogen (secondary N) is 4. The Hall–Kier alpha value is -6.83. The molecule has 1 atom stereocenters. The average molecular weight is 782 g/mol. The molecule has 4 N–H and O–H groups in total. The van der Waals surface area contributed by atoms with Gasteiger partial charge < -0.3 is 26.0 Å². The summed E-state index contributed by atoms with van der Waals surface area (Å²) in [5.41, 5.74) is 3.09. The minimum atomic E-state index is -0.831. The Bertz CT molecular complexity index is 2390. The van der Waals surface area contributed by atoms with Crippen LogP contribution in [-0.2, 0) is 14.3 Å². The van der Waals surface area contributed by atoms with Crippen molar-refractivity contribution in [1.82, 2.24) is 10.3 Å². The number of aromatic nitrogens is 1. The molecule has 2 heterocycles. The maximum absolute atomic E-state index is 14.2. The number of carbonyl (C=O) groups is 5. The number of thiophene rings is 1. The number of pyridine rings is 1. The van der Waals surface area contributed by atoms with E-state index in [0.29, 0.717) is 38.5 Å². The zero-order chi connectivity index (χ0) is 39.4. The first kappa shape index (κ1) is 38.9. The quantitative estimate of drug-likeness (QED) is 0.0518. The second-order valence-electron chi connectivity index (χ2n) is 12.1. The van der Waals surface area contributed by atoms with Gasteiger partial charge in [0.05, 0.1) is 17.6 Å². The molecule has 4 amide bonds. The van der Waals surface area contributed by atoms with Crippen LogP contribution < -0.4 is 21.3 Å². The highest BCUT2D eigenvalue weighted by atomic mass is 32.2. The Balaban J connectivity index is 1.25. The van der Waals surface area contributed by atoms with Crippen LogP contribution in [0.5, 0.6) is 0 Å². The van der Waals surface area contributed by atoms with Crippen LogP contribution in [0.1, 0.15) is 52.3 Å². The van der Waals surface area contributed by atoms with Gasteiger partial charge in [0, 0.05) is 34.2 Å². The molecule has 280 valence electrons. The Kier molecular flexibility index (Phi) is 12.8. The maximum atomic E-state index is 14.2. The van der Waals surface area contributed by atoms with Gasteiger partial charge in [0.15, 0.2) is 0 Å². The van der Waals surface area contributed by atoms with E-state index in [4.69, 9.17) is 4.74 Å². The maximum Gasteiger partial charge on any atom is 0.341 e. The molecule has 2 aromatic heterocycles. The van der Waals surface area contributed by atoms with Gasteiger partial charge >= 0.3 is 5.97 Å². The lowest BCUT2D eigenvalue weighted by molar-refractivity contribution is -0.116. The summed E-state index contributed by atoms with van der Waals surface area (Å²) in [4.78, 5) is 72.3. The van der Waals surface area contributed by atoms with Gasteiger partial charge in [0.25, 0.3) is 17.7 Å². The number of anilines is 3. The molecule has 1 unspecified atom stereocenters. The number of methoxy groups -OCH3 is 1. The van der Waals surface area contributed by atoms with Crippen molar-refractivity contribution in [1.29, 1.82) is 0 Å². The number of benzene rings is 4. The van der Waals surface area contributed by atoms with Crippen LogP contribution in [-0.4, -0.2) is 41.7 Å². The molecule has 0 fully saturated rings. The number of amides is 4. The van der Waals surface area contributed by atoms with E-state index < -0.39 is 34.8 Å². The molecule has 6 aromatic rings. The Morgan fingerprint density at radius 3 is 2.11 bits per heavy atom. The van der Waals surface area contributed by atoms with Gasteiger partial charge in [-0.2, -0.15) is 0 Å². The summed E-state index contributed by atoms with van der Waals surface area (Å²) >= 11 is 2.20. The number of carbonyl (C=O) groups excluding carboxylic acids is 5. The van der Waals surface area contributed by atoms with Crippen molar-refractivity contribution in [2.75, 3.05) is 23.1 Å². The molecule has 13 heteroatoms. The zero-order valence-electron chi connectivity index (χ0n) is 30.1. The lowest BCUT2D eigenvalue weighted by Crippen LogP contribution is -2.30. The van der Waals surface area contributed by atoms with Gasteiger partial charge in [0.1, 0.15) is 15.9 Å². The van der Waals surface area contributed by atoms with Crippen LogP contribution >= 0.6 is 23.1 Å². The van der Waals surface area contributed by atoms with Crippen LogP contribution in [0.2, 0.25) is 0 Å². The summed E-state index contributed by atoms with van der Waals surface area (Å²) in [5, 5.41) is 10.6. The number of hydrogen-bond acceptors (Lipinski definition) is 9. The van der Waals surface area contributed by atoms with E-state index in [0.717, 1.165) is 11.3 Å². The Labute approximate surface area is 331 Å². The summed E-state index contributed by atoms with van der Waals surface area (Å²) in [6.07, 6.45) is 4.71. The average Bonchev–Trinajstić information content (AvgIpc) is 3.55. The number of thioether (sulfide) groups is 1. The lowest BCUT2D eigenvalue weighted by atomic mass is 10.1. The second-order valence-corrected chi connectivity index (χ2v) is 14.3. The molecule has 0 aliphatic heterocycles. The first-order valence-corrected chi connectivity index (χ1v) is 18.9. The SMILES string of the molecule is COC(=O)c1c(NC(=O)C(Sc2cccc(NC(=O)/C(=C/c3cccnc3)NC(=O)c3ccccc3)c2)c2ccccc2)sc(C(=O)Nc2ccccc2)c1C. The molecule has 0 aliphatic carbocycles. The minimum Gasteiger partial charge on any atom is -0.465 e. The molecular weight excluding hydrogens is 747 g/mol. The minimum absolute atomic E-state index is 0.00378. The summed E-state index contributed by atoms with van der Waals surface area (Å²) in [6.45, 7) is 1.63. The van der Waals surface area contributed by atoms with Gasteiger partial charge in [0.2, 0.25) is 5.91 Å². The fraction of sp³-hybridized carbons (Fsp3) is 0.0698. The van der Waals surface area contributed by atoms with Crippen molar-refractivity contribution in [3.8, 4) is 0 Å². The first-order valence-electron chi connectivity index (χ1n) is 17.2. The largest absolute Gasteiger partial charge is 0.465 e. The highest BCUT2D eigenvalue weighted by Crippen LogP contribution is 2.40. The van der Waals surface area contributed by atoms with E-state index >= 15 is 0 Å². The highest BCUT2D eigenvalue weighted by Gasteiger charge is 2.30. The van der Waals surface area contributed by atoms with Gasteiger partial charge in [-0.05, 0) is 78.2 Å². The summed E-state index contributed by atoms with van der Waals surface area (Å²) in [6, 6.07) is 37.0. The second kappa shape index (κ2) is 18.5. The third-order valence-corrected chi connectivity index (χ3v) is 10.7. The van der Waals surface area contributed by atoms with Crippen LogP contribution in [0.4, 0.5) is 16.4 Å². The van der Waals surface area contributed by atoms with E-state index in [1.54, 1.807) is 110 Å². The molecule has 0 saturated carbocycles. The summed E-state index contributed by atoms with van der Waals surface area (Å²) in [5.74, 6) is -2.62. The van der Waals surface area contributed by atoms with E-state index in [1.807, 2.05) is 36.4 Å². The molecule has 4 aromatic carbocycles. The number of nitrogens with zero attached hydrogens (tertiary/aromatic N) is 1. The van der Waals surface area contributed by atoms with Crippen LogP contribution in [0.15, 0.2) is 150 Å². The number of para-hydroxylation sites is 1.